The van der Waals surface area contributed by atoms with Crippen molar-refractivity contribution < 1.29 is 0 Å². The zero-order valence-electron chi connectivity index (χ0n) is 9.76. The van der Waals surface area contributed by atoms with Gasteiger partial charge in [0.05, 0.1) is 6.54 Å². The first-order chi connectivity index (χ1) is 7.72. The number of hydrogen-bond donors (Lipinski definition) is 2. The second kappa shape index (κ2) is 8.01. The molecular formula is C11H20BrN3S. The molecule has 0 aromatic heterocycles. The van der Waals surface area contributed by atoms with Gasteiger partial charge in [0.25, 0.3) is 0 Å². The van der Waals surface area contributed by atoms with Gasteiger partial charge in [-0.3, -0.25) is 0 Å². The van der Waals surface area contributed by atoms with E-state index in [4.69, 9.17) is 0 Å². The van der Waals surface area contributed by atoms with Crippen molar-refractivity contribution >= 4 is 33.7 Å². The zero-order chi connectivity index (χ0) is 11.8. The van der Waals surface area contributed by atoms with Crippen molar-refractivity contribution in [3.05, 3.63) is 11.1 Å². The van der Waals surface area contributed by atoms with E-state index in [9.17, 15) is 0 Å². The Morgan fingerprint density at radius 3 is 2.94 bits per heavy atom. The van der Waals surface area contributed by atoms with E-state index in [0.29, 0.717) is 6.54 Å². The van der Waals surface area contributed by atoms with Crippen LogP contribution in [0.15, 0.2) is 16.1 Å². The van der Waals surface area contributed by atoms with Crippen LogP contribution in [0.2, 0.25) is 0 Å². The highest BCUT2D eigenvalue weighted by Gasteiger charge is 2.15. The van der Waals surface area contributed by atoms with E-state index in [1.165, 1.54) is 18.6 Å². The van der Waals surface area contributed by atoms with Crippen LogP contribution in [0.4, 0.5) is 0 Å². The molecule has 0 saturated carbocycles. The minimum absolute atomic E-state index is 0.618. The van der Waals surface area contributed by atoms with Crippen LogP contribution >= 0.6 is 27.7 Å². The number of nitrogens with one attached hydrogen (secondary N) is 2. The van der Waals surface area contributed by atoms with Crippen LogP contribution in [0, 0.1) is 0 Å². The summed E-state index contributed by atoms with van der Waals surface area (Å²) in [7, 11) is 0. The molecule has 16 heavy (non-hydrogen) atoms. The van der Waals surface area contributed by atoms with Gasteiger partial charge < -0.3 is 10.6 Å². The normalized spacial score (nSPS) is 20.9. The monoisotopic (exact) mass is 305 g/mol. The van der Waals surface area contributed by atoms with Crippen molar-refractivity contribution in [3.8, 4) is 0 Å². The second-order valence-corrected chi connectivity index (χ2v) is 6.26. The maximum atomic E-state index is 4.41. The van der Waals surface area contributed by atoms with Crippen LogP contribution in [0.25, 0.3) is 0 Å². The Hall–Kier alpha value is -0.160. The van der Waals surface area contributed by atoms with E-state index < -0.39 is 0 Å². The maximum absolute atomic E-state index is 4.41. The third kappa shape index (κ3) is 5.80. The van der Waals surface area contributed by atoms with Gasteiger partial charge in [-0.05, 0) is 25.5 Å². The summed E-state index contributed by atoms with van der Waals surface area (Å²) in [6, 6.07) is 0. The van der Waals surface area contributed by atoms with Crippen LogP contribution in [0.5, 0.6) is 0 Å². The smallest absolute Gasteiger partial charge is 0.191 e. The molecule has 0 aromatic rings. The fourth-order valence-corrected chi connectivity index (χ4v) is 2.85. The van der Waals surface area contributed by atoms with Crippen molar-refractivity contribution in [2.45, 2.75) is 25.0 Å². The van der Waals surface area contributed by atoms with E-state index in [1.54, 1.807) is 0 Å². The zero-order valence-corrected chi connectivity index (χ0v) is 12.2. The van der Waals surface area contributed by atoms with Gasteiger partial charge >= 0.3 is 0 Å². The maximum Gasteiger partial charge on any atom is 0.191 e. The molecule has 1 fully saturated rings. The summed E-state index contributed by atoms with van der Waals surface area (Å²) < 4.78 is 0.903. The number of hydrogen-bond acceptors (Lipinski definition) is 2. The predicted molar refractivity (Wildman–Crippen MR) is 77.5 cm³/mol. The number of nitrogens with zero attached hydrogens (tertiary/aromatic N) is 1. The average Bonchev–Trinajstić information content (AvgIpc) is 2.75. The molecule has 0 aliphatic carbocycles. The Bertz CT molecular complexity index is 250. The van der Waals surface area contributed by atoms with Gasteiger partial charge in [-0.1, -0.05) is 22.5 Å². The fraction of sp³-hybridized carbons (Fsp3) is 0.727. The van der Waals surface area contributed by atoms with Crippen molar-refractivity contribution in [2.24, 2.45) is 4.99 Å². The standard InChI is InChI=1S/C11H20BrN3S/c1-3-13-11(14-7-9(2)12)15-8-10-5-4-6-16-10/h10H,2-8H2,1H3,(H2,13,14,15). The number of rotatable bonds is 5. The van der Waals surface area contributed by atoms with Crippen molar-refractivity contribution in [1.82, 2.24) is 10.6 Å². The molecule has 1 rings (SSSR count). The highest BCUT2D eigenvalue weighted by Crippen LogP contribution is 2.25. The summed E-state index contributed by atoms with van der Waals surface area (Å²) in [6.07, 6.45) is 2.67. The number of aliphatic imine (C=N–C) groups is 1. The van der Waals surface area contributed by atoms with Gasteiger partial charge in [-0.2, -0.15) is 11.8 Å². The molecule has 2 N–H and O–H groups in total. The molecule has 0 aromatic carbocycles. The highest BCUT2D eigenvalue weighted by molar-refractivity contribution is 9.11. The first-order valence-electron chi connectivity index (χ1n) is 5.69. The van der Waals surface area contributed by atoms with Gasteiger partial charge in [0.2, 0.25) is 0 Å². The van der Waals surface area contributed by atoms with Gasteiger partial charge in [-0.25, -0.2) is 4.99 Å². The molecule has 1 aliphatic rings. The van der Waals surface area contributed by atoms with Crippen LogP contribution in [0.3, 0.4) is 0 Å². The van der Waals surface area contributed by atoms with E-state index in [0.717, 1.165) is 28.8 Å². The lowest BCUT2D eigenvalue weighted by Crippen LogP contribution is -2.40. The van der Waals surface area contributed by atoms with Gasteiger partial charge in [-0.15, -0.1) is 0 Å². The lowest BCUT2D eigenvalue weighted by atomic mass is 10.2. The molecule has 92 valence electrons. The first-order valence-corrected chi connectivity index (χ1v) is 7.53. The topological polar surface area (TPSA) is 36.4 Å². The Labute approximate surface area is 111 Å². The minimum Gasteiger partial charge on any atom is -0.357 e. The molecule has 1 atom stereocenters. The molecule has 0 amide bonds. The third-order valence-corrected chi connectivity index (χ3v) is 3.92. The molecule has 3 nitrogen and oxygen atoms in total. The van der Waals surface area contributed by atoms with Crippen LogP contribution in [0.1, 0.15) is 19.8 Å². The van der Waals surface area contributed by atoms with E-state index in [-0.39, 0.29) is 0 Å². The molecule has 5 heteroatoms. The van der Waals surface area contributed by atoms with E-state index >= 15 is 0 Å². The van der Waals surface area contributed by atoms with E-state index in [2.05, 4.69) is 56.8 Å². The number of guanidine groups is 1. The summed E-state index contributed by atoms with van der Waals surface area (Å²) in [5, 5.41) is 7.35. The SMILES string of the molecule is C=C(Br)CN=C(NCC)NCC1CCCS1. The molecule has 0 radical (unpaired) electrons. The summed E-state index contributed by atoms with van der Waals surface area (Å²) in [4.78, 5) is 4.41. The largest absolute Gasteiger partial charge is 0.357 e. The Kier molecular flexibility index (Phi) is 6.96. The predicted octanol–water partition coefficient (Wildman–Crippen LogP) is 2.35. The summed E-state index contributed by atoms with van der Waals surface area (Å²) in [5.74, 6) is 2.19. The van der Waals surface area contributed by atoms with Gasteiger partial charge in [0.1, 0.15) is 0 Å². The Balaban J connectivity index is 2.31. The molecule has 0 bridgehead atoms. The van der Waals surface area contributed by atoms with Crippen LogP contribution in [-0.4, -0.2) is 36.6 Å². The van der Waals surface area contributed by atoms with Crippen molar-refractivity contribution in [3.63, 3.8) is 0 Å². The summed E-state index contributed by atoms with van der Waals surface area (Å²) >= 11 is 5.36. The van der Waals surface area contributed by atoms with Crippen LogP contribution in [-0.2, 0) is 0 Å². The lowest BCUT2D eigenvalue weighted by Gasteiger charge is -2.14. The molecule has 0 spiro atoms. The molecule has 1 aliphatic heterocycles. The highest BCUT2D eigenvalue weighted by atomic mass is 79.9. The molecular weight excluding hydrogens is 286 g/mol. The van der Waals surface area contributed by atoms with Crippen molar-refractivity contribution in [1.29, 1.82) is 0 Å². The third-order valence-electron chi connectivity index (χ3n) is 2.27. The van der Waals surface area contributed by atoms with Gasteiger partial charge in [0.15, 0.2) is 5.96 Å². The summed E-state index contributed by atoms with van der Waals surface area (Å²) in [5.41, 5.74) is 0. The van der Waals surface area contributed by atoms with Gasteiger partial charge in [0, 0.05) is 22.8 Å². The second-order valence-electron chi connectivity index (χ2n) is 3.73. The molecule has 1 unspecified atom stereocenters. The van der Waals surface area contributed by atoms with Crippen molar-refractivity contribution in [2.75, 3.05) is 25.4 Å². The fourth-order valence-electron chi connectivity index (χ4n) is 1.52. The average molecular weight is 306 g/mol. The quantitative estimate of drug-likeness (QED) is 0.605. The lowest BCUT2D eigenvalue weighted by molar-refractivity contribution is 0.729. The minimum atomic E-state index is 0.618. The number of thioether (sulfide) groups is 1. The van der Waals surface area contributed by atoms with E-state index in [1.807, 2.05) is 0 Å². The Morgan fingerprint density at radius 1 is 1.56 bits per heavy atom. The molecule has 1 heterocycles. The summed E-state index contributed by atoms with van der Waals surface area (Å²) in [6.45, 7) is 8.36. The Morgan fingerprint density at radius 2 is 2.38 bits per heavy atom. The first kappa shape index (κ1) is 13.9. The molecule has 1 saturated heterocycles. The van der Waals surface area contributed by atoms with Crippen LogP contribution < -0.4 is 10.6 Å². The number of halogens is 1.